The fourth-order valence-corrected chi connectivity index (χ4v) is 5.68. The van der Waals surface area contributed by atoms with Gasteiger partial charge in [0, 0.05) is 36.2 Å². The molecule has 1 spiro atoms. The molecule has 1 saturated carbocycles. The fraction of sp³-hybridized carbons (Fsp3) is 0.348. The van der Waals surface area contributed by atoms with E-state index in [9.17, 15) is 13.2 Å². The Morgan fingerprint density at radius 1 is 1.28 bits per heavy atom. The van der Waals surface area contributed by atoms with Gasteiger partial charge in [-0.15, -0.1) is 0 Å². The first-order valence-corrected chi connectivity index (χ1v) is 12.4. The van der Waals surface area contributed by atoms with Gasteiger partial charge >= 0.3 is 0 Å². The van der Waals surface area contributed by atoms with Crippen LogP contribution in [-0.4, -0.2) is 47.9 Å². The number of rotatable bonds is 4. The smallest absolute Gasteiger partial charge is 0.229 e. The van der Waals surface area contributed by atoms with Crippen LogP contribution < -0.4 is 11.1 Å². The first-order valence-electron chi connectivity index (χ1n) is 10.5. The minimum Gasteiger partial charge on any atom is -0.383 e. The van der Waals surface area contributed by atoms with Crippen molar-refractivity contribution in [1.82, 2.24) is 14.3 Å². The molecule has 32 heavy (non-hydrogen) atoms. The summed E-state index contributed by atoms with van der Waals surface area (Å²) in [6.45, 7) is 2.91. The van der Waals surface area contributed by atoms with Crippen molar-refractivity contribution in [3.63, 3.8) is 0 Å². The van der Waals surface area contributed by atoms with E-state index in [2.05, 4.69) is 15.3 Å². The monoisotopic (exact) mass is 451 g/mol. The number of nitrogens with one attached hydrogen (secondary N) is 1. The van der Waals surface area contributed by atoms with E-state index >= 15 is 0 Å². The lowest BCUT2D eigenvalue weighted by Crippen LogP contribution is -2.28. The molecule has 1 amide bonds. The lowest BCUT2D eigenvalue weighted by Gasteiger charge is -2.13. The highest BCUT2D eigenvalue weighted by molar-refractivity contribution is 7.88. The van der Waals surface area contributed by atoms with E-state index in [1.54, 1.807) is 12.3 Å². The van der Waals surface area contributed by atoms with Crippen LogP contribution in [0.5, 0.6) is 0 Å². The van der Waals surface area contributed by atoms with Gasteiger partial charge in [-0.25, -0.2) is 22.7 Å². The van der Waals surface area contributed by atoms with Gasteiger partial charge in [0.05, 0.1) is 11.9 Å². The Bertz CT molecular complexity index is 1360. The Morgan fingerprint density at radius 2 is 2.06 bits per heavy atom. The first-order chi connectivity index (χ1) is 15.2. The van der Waals surface area contributed by atoms with Gasteiger partial charge in [0.15, 0.2) is 0 Å². The maximum atomic E-state index is 12.9. The van der Waals surface area contributed by atoms with E-state index in [1.165, 1.54) is 10.6 Å². The molecule has 2 aliphatic rings. The van der Waals surface area contributed by atoms with Crippen molar-refractivity contribution in [1.29, 1.82) is 0 Å². The summed E-state index contributed by atoms with van der Waals surface area (Å²) in [5.74, 6) is 0.521. The molecule has 166 valence electrons. The molecule has 2 aromatic heterocycles. The number of pyridine rings is 2. The predicted octanol–water partition coefficient (Wildman–Crippen LogP) is 2.80. The van der Waals surface area contributed by atoms with Crippen molar-refractivity contribution in [2.45, 2.75) is 19.8 Å². The van der Waals surface area contributed by atoms with E-state index in [-0.39, 0.29) is 17.2 Å². The van der Waals surface area contributed by atoms with Crippen molar-refractivity contribution in [3.05, 3.63) is 48.2 Å². The number of nitrogens with two attached hydrogens (primary N) is 1. The summed E-state index contributed by atoms with van der Waals surface area (Å²) < 4.78 is 25.1. The van der Waals surface area contributed by atoms with Gasteiger partial charge in [0.25, 0.3) is 0 Å². The summed E-state index contributed by atoms with van der Waals surface area (Å²) in [6, 6.07) is 11.7. The number of fused-ring (bicyclic) bond motifs is 1. The van der Waals surface area contributed by atoms with E-state index in [1.807, 2.05) is 37.3 Å². The molecule has 0 unspecified atom stereocenters. The number of amides is 1. The SMILES string of the molecule is Cc1ccccc1-c1cc2cc(NC(=O)[C@@H]3C[C@]34CCN(S(C)(=O)=O)C4)ncc2c(N)n1. The summed E-state index contributed by atoms with van der Waals surface area (Å²) in [5.41, 5.74) is 8.81. The van der Waals surface area contributed by atoms with Gasteiger partial charge in [0.2, 0.25) is 15.9 Å². The van der Waals surface area contributed by atoms with E-state index in [0.717, 1.165) is 27.6 Å². The summed E-state index contributed by atoms with van der Waals surface area (Å²) in [6.07, 6.45) is 4.25. The molecule has 1 aliphatic heterocycles. The fourth-order valence-electron chi connectivity index (χ4n) is 4.76. The number of sulfonamides is 1. The van der Waals surface area contributed by atoms with E-state index in [4.69, 9.17) is 5.73 Å². The molecule has 1 aliphatic carbocycles. The Morgan fingerprint density at radius 3 is 2.78 bits per heavy atom. The van der Waals surface area contributed by atoms with E-state index < -0.39 is 10.0 Å². The molecule has 0 radical (unpaired) electrons. The molecule has 1 aromatic carbocycles. The summed E-state index contributed by atoms with van der Waals surface area (Å²) >= 11 is 0. The van der Waals surface area contributed by atoms with Gasteiger partial charge in [-0.3, -0.25) is 4.79 Å². The van der Waals surface area contributed by atoms with Crippen molar-refractivity contribution in [2.75, 3.05) is 30.4 Å². The number of nitrogen functional groups attached to an aromatic ring is 1. The molecule has 3 heterocycles. The average molecular weight is 452 g/mol. The van der Waals surface area contributed by atoms with E-state index in [0.29, 0.717) is 37.6 Å². The maximum absolute atomic E-state index is 12.9. The summed E-state index contributed by atoms with van der Waals surface area (Å²) in [4.78, 5) is 21.8. The number of hydrogen-bond acceptors (Lipinski definition) is 6. The number of hydrogen-bond donors (Lipinski definition) is 2. The molecule has 3 N–H and O–H groups in total. The zero-order valence-corrected chi connectivity index (χ0v) is 18.8. The van der Waals surface area contributed by atoms with Crippen LogP contribution in [0.4, 0.5) is 11.6 Å². The Labute approximate surface area is 186 Å². The lowest BCUT2D eigenvalue weighted by atomic mass is 10.0. The van der Waals surface area contributed by atoms with Crippen LogP contribution in [0.3, 0.4) is 0 Å². The molecular weight excluding hydrogens is 426 g/mol. The number of anilines is 2. The van der Waals surface area contributed by atoms with Gasteiger partial charge in [0.1, 0.15) is 11.6 Å². The van der Waals surface area contributed by atoms with Crippen molar-refractivity contribution in [2.24, 2.45) is 11.3 Å². The summed E-state index contributed by atoms with van der Waals surface area (Å²) in [5, 5.41) is 4.48. The second-order valence-electron chi connectivity index (χ2n) is 8.95. The summed E-state index contributed by atoms with van der Waals surface area (Å²) in [7, 11) is -3.23. The molecule has 2 fully saturated rings. The molecule has 3 aromatic rings. The second kappa shape index (κ2) is 7.25. The molecule has 1 saturated heterocycles. The zero-order chi connectivity index (χ0) is 22.7. The Kier molecular flexibility index (Phi) is 4.72. The highest BCUT2D eigenvalue weighted by Crippen LogP contribution is 2.59. The highest BCUT2D eigenvalue weighted by Gasteiger charge is 2.61. The van der Waals surface area contributed by atoms with Gasteiger partial charge in [-0.05, 0) is 48.3 Å². The lowest BCUT2D eigenvalue weighted by molar-refractivity contribution is -0.118. The standard InChI is InChI=1S/C23H25N5O3S/c1-14-5-3-4-6-16(14)19-9-15-10-20(25-12-17(15)21(24)26-19)27-22(29)18-11-23(18)7-8-28(13-23)32(2,30)31/h3-6,9-10,12,18H,7-8,11,13H2,1-2H3,(H2,24,26)(H,25,27,29)/t18-,23-/m0/s1. The van der Waals surface area contributed by atoms with Crippen LogP contribution >= 0.6 is 0 Å². The normalized spacial score (nSPS) is 23.0. The first kappa shape index (κ1) is 20.8. The Hall–Kier alpha value is -3.04. The minimum absolute atomic E-state index is 0.117. The van der Waals surface area contributed by atoms with Crippen LogP contribution in [0.2, 0.25) is 0 Å². The minimum atomic E-state index is -3.23. The van der Waals surface area contributed by atoms with Crippen LogP contribution in [-0.2, 0) is 14.8 Å². The number of carbonyl (C=O) groups excluding carboxylic acids is 1. The van der Waals surface area contributed by atoms with Crippen LogP contribution in [0, 0.1) is 18.3 Å². The van der Waals surface area contributed by atoms with Crippen LogP contribution in [0.25, 0.3) is 22.0 Å². The van der Waals surface area contributed by atoms with Crippen LogP contribution in [0.1, 0.15) is 18.4 Å². The molecular formula is C23H25N5O3S. The largest absolute Gasteiger partial charge is 0.383 e. The number of benzene rings is 1. The topological polar surface area (TPSA) is 118 Å². The van der Waals surface area contributed by atoms with Crippen LogP contribution in [0.15, 0.2) is 42.6 Å². The number of carbonyl (C=O) groups is 1. The quantitative estimate of drug-likeness (QED) is 0.630. The number of nitrogens with zero attached hydrogens (tertiary/aromatic N) is 3. The van der Waals surface area contributed by atoms with Gasteiger partial charge < -0.3 is 11.1 Å². The zero-order valence-electron chi connectivity index (χ0n) is 18.0. The number of aromatic nitrogens is 2. The third-order valence-corrected chi connectivity index (χ3v) is 7.99. The molecule has 5 rings (SSSR count). The average Bonchev–Trinajstić information content (AvgIpc) is 3.26. The van der Waals surface area contributed by atoms with Crippen molar-refractivity contribution >= 4 is 38.3 Å². The Balaban J connectivity index is 1.38. The van der Waals surface area contributed by atoms with Crippen molar-refractivity contribution in [3.8, 4) is 11.3 Å². The highest BCUT2D eigenvalue weighted by atomic mass is 32.2. The molecule has 9 heteroatoms. The molecule has 8 nitrogen and oxygen atoms in total. The third kappa shape index (κ3) is 3.61. The van der Waals surface area contributed by atoms with Crippen molar-refractivity contribution < 1.29 is 13.2 Å². The number of aryl methyl sites for hydroxylation is 1. The third-order valence-electron chi connectivity index (χ3n) is 6.74. The maximum Gasteiger partial charge on any atom is 0.229 e. The van der Waals surface area contributed by atoms with Gasteiger partial charge in [-0.1, -0.05) is 24.3 Å². The van der Waals surface area contributed by atoms with Gasteiger partial charge in [-0.2, -0.15) is 0 Å². The molecule has 2 atom stereocenters. The molecule has 0 bridgehead atoms. The predicted molar refractivity (Wildman–Crippen MR) is 124 cm³/mol. The second-order valence-corrected chi connectivity index (χ2v) is 10.9.